The molecule has 0 bridgehead atoms. The molecule has 132 valence electrons. The lowest BCUT2D eigenvalue weighted by atomic mass is 9.86. The Hall–Kier alpha value is -2.90. The fourth-order valence-corrected chi connectivity index (χ4v) is 2.40. The summed E-state index contributed by atoms with van der Waals surface area (Å²) in [4.78, 5) is 27.8. The Morgan fingerprint density at radius 3 is 2.84 bits per heavy atom. The highest BCUT2D eigenvalue weighted by atomic mass is 16.6. The number of nitrogens with zero attached hydrogens (tertiary/aromatic N) is 2. The second-order valence-electron chi connectivity index (χ2n) is 5.77. The number of hydrogen-bond acceptors (Lipinski definition) is 7. The van der Waals surface area contributed by atoms with Crippen LogP contribution in [-0.2, 0) is 27.4 Å². The summed E-state index contributed by atoms with van der Waals surface area (Å²) in [5.41, 5.74) is 0.563. The number of hydrogen-bond donors (Lipinski definition) is 1. The molecule has 1 fully saturated rings. The molecule has 0 aliphatic heterocycles. The van der Waals surface area contributed by atoms with Crippen LogP contribution in [0.4, 0.5) is 5.69 Å². The monoisotopic (exact) mass is 345 g/mol. The fourth-order valence-electron chi connectivity index (χ4n) is 2.40. The number of nitrogens with one attached hydrogen (secondary N) is 1. The van der Waals surface area contributed by atoms with E-state index in [1.807, 2.05) is 6.07 Å². The normalized spacial score (nSPS) is 13.8. The van der Waals surface area contributed by atoms with Gasteiger partial charge in [-0.2, -0.15) is 4.98 Å². The Kier molecular flexibility index (Phi) is 5.27. The molecule has 0 atom stereocenters. The molecule has 1 aromatic carbocycles. The highest BCUT2D eigenvalue weighted by Gasteiger charge is 2.27. The Morgan fingerprint density at radius 1 is 1.32 bits per heavy atom. The van der Waals surface area contributed by atoms with E-state index >= 15 is 0 Å². The quantitative estimate of drug-likeness (QED) is 0.766. The minimum atomic E-state index is -0.302. The number of rotatable bonds is 7. The molecule has 0 unspecified atom stereocenters. The van der Waals surface area contributed by atoms with E-state index < -0.39 is 0 Å². The molecule has 1 aromatic heterocycles. The number of methoxy groups -OCH3 is 1. The Morgan fingerprint density at radius 2 is 2.12 bits per heavy atom. The van der Waals surface area contributed by atoms with Gasteiger partial charge < -0.3 is 19.3 Å². The van der Waals surface area contributed by atoms with Crippen molar-refractivity contribution in [1.29, 1.82) is 0 Å². The van der Waals surface area contributed by atoms with Gasteiger partial charge in [0.15, 0.2) is 12.4 Å². The molecular formula is C17H19N3O5. The van der Waals surface area contributed by atoms with Crippen LogP contribution < -0.4 is 10.1 Å². The van der Waals surface area contributed by atoms with Crippen LogP contribution in [0.1, 0.15) is 31.0 Å². The summed E-state index contributed by atoms with van der Waals surface area (Å²) in [6.07, 6.45) is 2.75. The average molecular weight is 345 g/mol. The first kappa shape index (κ1) is 16.9. The number of aromatic nitrogens is 2. The van der Waals surface area contributed by atoms with Crippen LogP contribution in [0.2, 0.25) is 0 Å². The lowest BCUT2D eigenvalue weighted by Gasteiger charge is -2.22. The van der Waals surface area contributed by atoms with E-state index in [1.54, 1.807) is 18.2 Å². The first-order valence-electron chi connectivity index (χ1n) is 8.06. The number of ether oxygens (including phenoxy) is 2. The van der Waals surface area contributed by atoms with Crippen LogP contribution in [0.3, 0.4) is 0 Å². The highest BCUT2D eigenvalue weighted by molar-refractivity contribution is 5.93. The highest BCUT2D eigenvalue weighted by Crippen LogP contribution is 2.27. The van der Waals surface area contributed by atoms with Crippen LogP contribution in [0.25, 0.3) is 0 Å². The largest absolute Gasteiger partial charge is 0.495 e. The molecule has 1 aliphatic rings. The molecular weight excluding hydrogens is 326 g/mol. The van der Waals surface area contributed by atoms with E-state index in [0.717, 1.165) is 19.3 Å². The predicted octanol–water partition coefficient (Wildman–Crippen LogP) is 2.10. The molecule has 1 saturated carbocycles. The summed E-state index contributed by atoms with van der Waals surface area (Å²) in [5, 5.41) is 6.46. The maximum atomic E-state index is 12.1. The van der Waals surface area contributed by atoms with E-state index in [1.165, 1.54) is 7.11 Å². The molecule has 2 aromatic rings. The number of para-hydroxylation sites is 2. The van der Waals surface area contributed by atoms with Gasteiger partial charge in [-0.3, -0.25) is 9.59 Å². The lowest BCUT2D eigenvalue weighted by Crippen LogP contribution is -2.24. The summed E-state index contributed by atoms with van der Waals surface area (Å²) < 4.78 is 15.3. The van der Waals surface area contributed by atoms with Crippen molar-refractivity contribution in [2.75, 3.05) is 12.4 Å². The van der Waals surface area contributed by atoms with Gasteiger partial charge in [0.25, 0.3) is 5.89 Å². The lowest BCUT2D eigenvalue weighted by molar-refractivity contribution is -0.153. The maximum Gasteiger partial charge on any atom is 0.309 e. The summed E-state index contributed by atoms with van der Waals surface area (Å²) in [7, 11) is 1.53. The van der Waals surface area contributed by atoms with Gasteiger partial charge in [0.1, 0.15) is 5.75 Å². The van der Waals surface area contributed by atoms with Gasteiger partial charge in [0.05, 0.1) is 25.1 Å². The number of anilines is 1. The van der Waals surface area contributed by atoms with Crippen molar-refractivity contribution < 1.29 is 23.6 Å². The Labute approximate surface area is 144 Å². The molecule has 1 amide bonds. The maximum absolute atomic E-state index is 12.1. The third-order valence-corrected chi connectivity index (χ3v) is 3.99. The molecule has 1 aliphatic carbocycles. The number of benzene rings is 1. The molecule has 0 radical (unpaired) electrons. The summed E-state index contributed by atoms with van der Waals surface area (Å²) in [6.45, 7) is -0.0730. The molecule has 8 heteroatoms. The summed E-state index contributed by atoms with van der Waals surface area (Å²) in [6, 6.07) is 7.09. The van der Waals surface area contributed by atoms with Crippen molar-refractivity contribution in [3.63, 3.8) is 0 Å². The van der Waals surface area contributed by atoms with Crippen molar-refractivity contribution in [2.45, 2.75) is 32.3 Å². The fraction of sp³-hybridized carbons (Fsp3) is 0.412. The first-order chi connectivity index (χ1) is 12.2. The van der Waals surface area contributed by atoms with Crippen molar-refractivity contribution in [3.8, 4) is 5.75 Å². The van der Waals surface area contributed by atoms with Crippen LogP contribution in [0.5, 0.6) is 5.75 Å². The Balaban J connectivity index is 1.50. The number of amides is 1. The molecule has 8 nitrogen and oxygen atoms in total. The van der Waals surface area contributed by atoms with Gasteiger partial charge in [-0.05, 0) is 25.0 Å². The zero-order chi connectivity index (χ0) is 17.6. The molecule has 1 heterocycles. The summed E-state index contributed by atoms with van der Waals surface area (Å²) >= 11 is 0. The van der Waals surface area contributed by atoms with Crippen molar-refractivity contribution in [2.24, 2.45) is 5.92 Å². The van der Waals surface area contributed by atoms with Crippen LogP contribution in [0, 0.1) is 5.92 Å². The molecule has 3 rings (SSSR count). The molecule has 25 heavy (non-hydrogen) atoms. The second-order valence-corrected chi connectivity index (χ2v) is 5.77. The third kappa shape index (κ3) is 4.34. The van der Waals surface area contributed by atoms with Gasteiger partial charge in [-0.1, -0.05) is 23.7 Å². The van der Waals surface area contributed by atoms with E-state index in [2.05, 4.69) is 15.5 Å². The standard InChI is InChI=1S/C17H19N3O5/c1-23-13-8-3-2-7-12(13)18-15(21)9-14-19-16(25-20-14)10-24-17(22)11-5-4-6-11/h2-3,7-8,11H,4-6,9-10H2,1H3,(H,18,21). The van der Waals surface area contributed by atoms with Crippen molar-refractivity contribution in [1.82, 2.24) is 10.1 Å². The molecule has 1 N–H and O–H groups in total. The van der Waals surface area contributed by atoms with Crippen LogP contribution >= 0.6 is 0 Å². The topological polar surface area (TPSA) is 104 Å². The predicted molar refractivity (Wildman–Crippen MR) is 86.8 cm³/mol. The van der Waals surface area contributed by atoms with Gasteiger partial charge in [0, 0.05) is 0 Å². The number of carbonyl (C=O) groups is 2. The molecule has 0 spiro atoms. The van der Waals surface area contributed by atoms with Gasteiger partial charge >= 0.3 is 5.97 Å². The van der Waals surface area contributed by atoms with E-state index in [0.29, 0.717) is 11.4 Å². The molecule has 0 saturated heterocycles. The van der Waals surface area contributed by atoms with Gasteiger partial charge in [-0.25, -0.2) is 0 Å². The minimum absolute atomic E-state index is 0.00553. The van der Waals surface area contributed by atoms with Crippen molar-refractivity contribution in [3.05, 3.63) is 36.0 Å². The van der Waals surface area contributed by atoms with Gasteiger partial charge in [0.2, 0.25) is 5.91 Å². The van der Waals surface area contributed by atoms with E-state index in [-0.39, 0.29) is 42.5 Å². The van der Waals surface area contributed by atoms with Gasteiger partial charge in [-0.15, -0.1) is 0 Å². The summed E-state index contributed by atoms with van der Waals surface area (Å²) in [5.74, 6) is 0.416. The number of esters is 1. The second kappa shape index (κ2) is 7.78. The third-order valence-electron chi connectivity index (χ3n) is 3.99. The van der Waals surface area contributed by atoms with E-state index in [4.69, 9.17) is 14.0 Å². The first-order valence-corrected chi connectivity index (χ1v) is 8.06. The minimum Gasteiger partial charge on any atom is -0.495 e. The van der Waals surface area contributed by atoms with Crippen molar-refractivity contribution >= 4 is 17.6 Å². The Bertz CT molecular complexity index is 754. The SMILES string of the molecule is COc1ccccc1NC(=O)Cc1noc(COC(=O)C2CCC2)n1. The van der Waals surface area contributed by atoms with Crippen LogP contribution in [0.15, 0.2) is 28.8 Å². The zero-order valence-electron chi connectivity index (χ0n) is 13.9. The van der Waals surface area contributed by atoms with E-state index in [9.17, 15) is 9.59 Å². The smallest absolute Gasteiger partial charge is 0.309 e. The van der Waals surface area contributed by atoms with Crippen LogP contribution in [-0.4, -0.2) is 29.1 Å². The average Bonchev–Trinajstić information content (AvgIpc) is 2.99. The zero-order valence-corrected chi connectivity index (χ0v) is 13.9. The number of carbonyl (C=O) groups excluding carboxylic acids is 2.